The van der Waals surface area contributed by atoms with Crippen LogP contribution in [0.15, 0.2) is 54.6 Å². The van der Waals surface area contributed by atoms with Crippen molar-refractivity contribution in [3.8, 4) is 0 Å². The maximum absolute atomic E-state index is 11.6. The van der Waals surface area contributed by atoms with Crippen LogP contribution in [0.4, 0.5) is 4.79 Å². The Morgan fingerprint density at radius 1 is 1.09 bits per heavy atom. The lowest BCUT2D eigenvalue weighted by Gasteiger charge is -2.12. The number of alkyl carbamates (subject to hydrolysis) is 1. The molecule has 0 saturated carbocycles. The minimum atomic E-state index is -0.676. The molecule has 116 valence electrons. The molecular weight excluding hydrogens is 302 g/mol. The van der Waals surface area contributed by atoms with Gasteiger partial charge in [0, 0.05) is 18.0 Å². The number of benzene rings is 2. The molecule has 0 aromatic heterocycles. The molecule has 0 heterocycles. The third-order valence-corrected chi connectivity index (χ3v) is 3.33. The molecule has 0 aliphatic heterocycles. The van der Waals surface area contributed by atoms with Gasteiger partial charge < -0.3 is 15.2 Å². The molecule has 2 aromatic rings. The van der Waals surface area contributed by atoms with Gasteiger partial charge in [0.25, 0.3) is 0 Å². The Morgan fingerprint density at radius 3 is 2.45 bits per heavy atom. The first-order valence-corrected chi connectivity index (χ1v) is 7.38. The van der Waals surface area contributed by atoms with Gasteiger partial charge in [-0.15, -0.1) is 0 Å². The number of hydrogen-bond donors (Lipinski definition) is 2. The van der Waals surface area contributed by atoms with Crippen LogP contribution in [-0.4, -0.2) is 23.8 Å². The zero-order valence-electron chi connectivity index (χ0n) is 12.0. The SMILES string of the molecule is O=C(NCC(O)Cc1ccc(Cl)cc1)OCc1ccccc1. The van der Waals surface area contributed by atoms with Crippen molar-refractivity contribution in [2.75, 3.05) is 6.54 Å². The maximum atomic E-state index is 11.6. The van der Waals surface area contributed by atoms with Crippen LogP contribution in [0, 0.1) is 0 Å². The molecule has 0 fully saturated rings. The van der Waals surface area contributed by atoms with E-state index in [-0.39, 0.29) is 13.2 Å². The van der Waals surface area contributed by atoms with Gasteiger partial charge >= 0.3 is 6.09 Å². The zero-order chi connectivity index (χ0) is 15.8. The molecule has 2 rings (SSSR count). The van der Waals surface area contributed by atoms with Gasteiger partial charge in [0.2, 0.25) is 0 Å². The van der Waals surface area contributed by atoms with Crippen molar-refractivity contribution in [1.29, 1.82) is 0 Å². The number of hydrogen-bond acceptors (Lipinski definition) is 3. The minimum absolute atomic E-state index is 0.135. The Labute approximate surface area is 134 Å². The smallest absolute Gasteiger partial charge is 0.407 e. The predicted molar refractivity (Wildman–Crippen MR) is 85.8 cm³/mol. The van der Waals surface area contributed by atoms with Crippen molar-refractivity contribution >= 4 is 17.7 Å². The summed E-state index contributed by atoms with van der Waals surface area (Å²) in [7, 11) is 0. The number of ether oxygens (including phenoxy) is 1. The molecule has 4 nitrogen and oxygen atoms in total. The lowest BCUT2D eigenvalue weighted by Crippen LogP contribution is -2.33. The third kappa shape index (κ3) is 5.76. The lowest BCUT2D eigenvalue weighted by atomic mass is 10.1. The molecule has 2 aromatic carbocycles. The van der Waals surface area contributed by atoms with Crippen LogP contribution in [0.5, 0.6) is 0 Å². The summed E-state index contributed by atoms with van der Waals surface area (Å²) in [5.41, 5.74) is 1.87. The first-order chi connectivity index (χ1) is 10.6. The van der Waals surface area contributed by atoms with Gasteiger partial charge in [0.05, 0.1) is 6.10 Å². The van der Waals surface area contributed by atoms with Crippen molar-refractivity contribution in [3.63, 3.8) is 0 Å². The average Bonchev–Trinajstić information content (AvgIpc) is 2.54. The number of amides is 1. The Morgan fingerprint density at radius 2 is 1.77 bits per heavy atom. The van der Waals surface area contributed by atoms with Crippen molar-refractivity contribution in [2.45, 2.75) is 19.1 Å². The number of rotatable bonds is 6. The number of nitrogens with one attached hydrogen (secondary N) is 1. The van der Waals surface area contributed by atoms with E-state index in [4.69, 9.17) is 16.3 Å². The largest absolute Gasteiger partial charge is 0.445 e. The number of carbonyl (C=O) groups is 1. The quantitative estimate of drug-likeness (QED) is 0.859. The summed E-state index contributed by atoms with van der Waals surface area (Å²) in [4.78, 5) is 11.6. The molecule has 1 atom stereocenters. The molecule has 2 N–H and O–H groups in total. The summed E-state index contributed by atoms with van der Waals surface area (Å²) in [6.45, 7) is 0.343. The van der Waals surface area contributed by atoms with Gasteiger partial charge in [-0.2, -0.15) is 0 Å². The van der Waals surface area contributed by atoms with E-state index in [1.165, 1.54) is 0 Å². The molecule has 1 unspecified atom stereocenters. The second kappa shape index (κ2) is 8.41. The van der Waals surface area contributed by atoms with Gasteiger partial charge in [0.15, 0.2) is 0 Å². The van der Waals surface area contributed by atoms with E-state index in [0.29, 0.717) is 11.4 Å². The van der Waals surface area contributed by atoms with E-state index < -0.39 is 12.2 Å². The molecule has 0 saturated heterocycles. The van der Waals surface area contributed by atoms with Crippen molar-refractivity contribution in [3.05, 3.63) is 70.7 Å². The summed E-state index contributed by atoms with van der Waals surface area (Å²) in [6, 6.07) is 16.6. The number of aliphatic hydroxyl groups excluding tert-OH is 1. The molecule has 0 radical (unpaired) electrons. The summed E-state index contributed by atoms with van der Waals surface area (Å²) < 4.78 is 5.07. The molecule has 1 amide bonds. The second-order valence-corrected chi connectivity index (χ2v) is 5.36. The molecule has 22 heavy (non-hydrogen) atoms. The van der Waals surface area contributed by atoms with Crippen molar-refractivity contribution in [1.82, 2.24) is 5.32 Å². The first kappa shape index (κ1) is 16.3. The van der Waals surface area contributed by atoms with E-state index in [1.807, 2.05) is 42.5 Å². The normalized spacial score (nSPS) is 11.7. The van der Waals surface area contributed by atoms with Gasteiger partial charge in [-0.05, 0) is 23.3 Å². The number of aliphatic hydroxyl groups is 1. The summed E-state index contributed by atoms with van der Waals surface area (Å²) in [5.74, 6) is 0. The molecule has 0 bridgehead atoms. The summed E-state index contributed by atoms with van der Waals surface area (Å²) in [5, 5.41) is 13.1. The predicted octanol–water partition coefficient (Wildman–Crippen LogP) is 3.17. The summed E-state index contributed by atoms with van der Waals surface area (Å²) >= 11 is 5.80. The molecular formula is C17H18ClNO3. The zero-order valence-corrected chi connectivity index (χ0v) is 12.8. The highest BCUT2D eigenvalue weighted by Crippen LogP contribution is 2.11. The fourth-order valence-corrected chi connectivity index (χ4v) is 2.07. The van der Waals surface area contributed by atoms with Gasteiger partial charge in [0.1, 0.15) is 6.61 Å². The topological polar surface area (TPSA) is 58.6 Å². The standard InChI is InChI=1S/C17H18ClNO3/c18-15-8-6-13(7-9-15)10-16(20)11-19-17(21)22-12-14-4-2-1-3-5-14/h1-9,16,20H,10-12H2,(H,19,21). The molecule has 5 heteroatoms. The summed E-state index contributed by atoms with van der Waals surface area (Å²) in [6.07, 6.45) is -0.777. The van der Waals surface area contributed by atoms with Gasteiger partial charge in [-0.3, -0.25) is 0 Å². The van der Waals surface area contributed by atoms with Crippen LogP contribution in [-0.2, 0) is 17.8 Å². The highest BCUT2D eigenvalue weighted by atomic mass is 35.5. The Kier molecular flexibility index (Phi) is 6.25. The monoisotopic (exact) mass is 319 g/mol. The second-order valence-electron chi connectivity index (χ2n) is 4.93. The van der Waals surface area contributed by atoms with Crippen LogP contribution in [0.3, 0.4) is 0 Å². The molecule has 0 aliphatic rings. The third-order valence-electron chi connectivity index (χ3n) is 3.08. The van der Waals surface area contributed by atoms with Gasteiger partial charge in [-0.25, -0.2) is 4.79 Å². The van der Waals surface area contributed by atoms with Gasteiger partial charge in [-0.1, -0.05) is 54.1 Å². The van der Waals surface area contributed by atoms with Crippen LogP contribution >= 0.6 is 11.6 Å². The molecule has 0 spiro atoms. The van der Waals surface area contributed by atoms with E-state index in [0.717, 1.165) is 11.1 Å². The van der Waals surface area contributed by atoms with Crippen molar-refractivity contribution < 1.29 is 14.6 Å². The van der Waals surface area contributed by atoms with E-state index in [2.05, 4.69) is 5.32 Å². The fourth-order valence-electron chi connectivity index (χ4n) is 1.94. The van der Waals surface area contributed by atoms with E-state index >= 15 is 0 Å². The van der Waals surface area contributed by atoms with Crippen LogP contribution in [0.25, 0.3) is 0 Å². The highest BCUT2D eigenvalue weighted by Gasteiger charge is 2.09. The van der Waals surface area contributed by atoms with E-state index in [1.54, 1.807) is 12.1 Å². The molecule has 0 aliphatic carbocycles. The fraction of sp³-hybridized carbons (Fsp3) is 0.235. The Balaban J connectivity index is 1.68. The van der Waals surface area contributed by atoms with Crippen LogP contribution in [0.2, 0.25) is 5.02 Å². The Hall–Kier alpha value is -2.04. The number of carbonyl (C=O) groups excluding carboxylic acids is 1. The maximum Gasteiger partial charge on any atom is 0.407 e. The van der Waals surface area contributed by atoms with Crippen LogP contribution < -0.4 is 5.32 Å². The highest BCUT2D eigenvalue weighted by molar-refractivity contribution is 6.30. The van der Waals surface area contributed by atoms with Crippen molar-refractivity contribution in [2.24, 2.45) is 0 Å². The number of halogens is 1. The van der Waals surface area contributed by atoms with E-state index in [9.17, 15) is 9.90 Å². The lowest BCUT2D eigenvalue weighted by molar-refractivity contribution is 0.125. The minimum Gasteiger partial charge on any atom is -0.445 e. The Bertz CT molecular complexity index is 587. The first-order valence-electron chi connectivity index (χ1n) is 7.00. The van der Waals surface area contributed by atoms with Crippen LogP contribution in [0.1, 0.15) is 11.1 Å². The average molecular weight is 320 g/mol.